The number of esters is 2. The Balaban J connectivity index is 2.73. The van der Waals surface area contributed by atoms with Crippen LogP contribution in [0, 0.1) is 23.0 Å². The maximum absolute atomic E-state index is 14.5. The number of ether oxygens (including phenoxy) is 3. The third-order valence-corrected chi connectivity index (χ3v) is 4.08. The highest BCUT2D eigenvalue weighted by atomic mass is 79.9. The second-order valence-electron chi connectivity index (χ2n) is 4.71. The number of rotatable bonds is 3. The molecular weight excluding hydrogens is 406 g/mol. The highest BCUT2D eigenvalue weighted by molar-refractivity contribution is 9.10. The molecule has 0 unspecified atom stereocenters. The molecule has 0 fully saturated rings. The maximum Gasteiger partial charge on any atom is 0.355 e. The molecule has 7 nitrogen and oxygen atoms in total. The van der Waals surface area contributed by atoms with Gasteiger partial charge >= 0.3 is 11.9 Å². The van der Waals surface area contributed by atoms with Gasteiger partial charge in [-0.25, -0.2) is 18.4 Å². The van der Waals surface area contributed by atoms with E-state index in [0.29, 0.717) is 6.07 Å². The van der Waals surface area contributed by atoms with Crippen LogP contribution >= 0.6 is 15.9 Å². The molecule has 1 aliphatic rings. The Morgan fingerprint density at radius 2 is 1.96 bits per heavy atom. The van der Waals surface area contributed by atoms with E-state index in [2.05, 4.69) is 25.4 Å². The fourth-order valence-corrected chi connectivity index (χ4v) is 2.85. The van der Waals surface area contributed by atoms with E-state index < -0.39 is 39.3 Å². The van der Waals surface area contributed by atoms with E-state index in [1.54, 1.807) is 0 Å². The van der Waals surface area contributed by atoms with Crippen LogP contribution in [-0.4, -0.2) is 39.5 Å². The van der Waals surface area contributed by atoms with Crippen molar-refractivity contribution in [3.8, 4) is 6.07 Å². The lowest BCUT2D eigenvalue weighted by molar-refractivity contribution is -0.140. The van der Waals surface area contributed by atoms with Gasteiger partial charge in [0.15, 0.2) is 5.82 Å². The van der Waals surface area contributed by atoms with Gasteiger partial charge in [0, 0.05) is 0 Å². The summed E-state index contributed by atoms with van der Waals surface area (Å²) in [6, 6.07) is 2.19. The smallest absolute Gasteiger partial charge is 0.355 e. The average molecular weight is 417 g/mol. The van der Waals surface area contributed by atoms with Crippen molar-refractivity contribution < 1.29 is 32.6 Å². The Morgan fingerprint density at radius 3 is 2.52 bits per heavy atom. The molecule has 1 aromatic rings. The summed E-state index contributed by atoms with van der Waals surface area (Å²) in [6.07, 6.45) is 0. The fourth-order valence-electron chi connectivity index (χ4n) is 2.23. The number of halogens is 3. The predicted octanol–water partition coefficient (Wildman–Crippen LogP) is 1.99. The number of hydrogen-bond acceptors (Lipinski definition) is 7. The summed E-state index contributed by atoms with van der Waals surface area (Å²) in [5.41, 5.74) is -1.50. The molecule has 0 saturated heterocycles. The van der Waals surface area contributed by atoms with E-state index in [9.17, 15) is 18.4 Å². The summed E-state index contributed by atoms with van der Waals surface area (Å²) < 4.78 is 42.7. The van der Waals surface area contributed by atoms with Crippen LogP contribution in [0.5, 0.6) is 0 Å². The molecule has 25 heavy (non-hydrogen) atoms. The van der Waals surface area contributed by atoms with Crippen molar-refractivity contribution >= 4 is 33.6 Å². The molecule has 0 atom stereocenters. The van der Waals surface area contributed by atoms with Crippen LogP contribution in [-0.2, 0) is 23.8 Å². The van der Waals surface area contributed by atoms with Gasteiger partial charge in [-0.2, -0.15) is 5.26 Å². The van der Waals surface area contributed by atoms with Crippen LogP contribution in [0.15, 0.2) is 21.8 Å². The first kappa shape index (κ1) is 18.8. The molecular formula is C15H11BrF2N2O5. The second kappa shape index (κ2) is 7.58. The normalized spacial score (nSPS) is 14.2. The highest BCUT2D eigenvalue weighted by Gasteiger charge is 2.35. The van der Waals surface area contributed by atoms with E-state index in [4.69, 9.17) is 10.00 Å². The summed E-state index contributed by atoms with van der Waals surface area (Å²) in [5, 5.41) is 8.83. The van der Waals surface area contributed by atoms with Crippen LogP contribution in [0.3, 0.4) is 0 Å². The molecule has 0 amide bonds. The van der Waals surface area contributed by atoms with Gasteiger partial charge in [-0.15, -0.1) is 0 Å². The van der Waals surface area contributed by atoms with Crippen LogP contribution in [0.1, 0.15) is 5.56 Å². The number of nitriles is 1. The summed E-state index contributed by atoms with van der Waals surface area (Å²) in [5.74, 6) is -3.86. The summed E-state index contributed by atoms with van der Waals surface area (Å²) in [4.78, 5) is 25.0. The number of methoxy groups -OCH3 is 2. The number of carbonyl (C=O) groups is 2. The SMILES string of the molecule is COC(=O)C1=C(C(=O)OC)N(c2c(F)cc(C#N)c(F)c2Br)COC1. The van der Waals surface area contributed by atoms with Gasteiger partial charge in [0.25, 0.3) is 0 Å². The molecule has 10 heteroatoms. The predicted molar refractivity (Wildman–Crippen MR) is 83.1 cm³/mol. The Kier molecular flexibility index (Phi) is 5.71. The zero-order valence-corrected chi connectivity index (χ0v) is 14.6. The van der Waals surface area contributed by atoms with E-state index in [1.165, 1.54) is 6.07 Å². The molecule has 0 N–H and O–H groups in total. The molecule has 0 bridgehead atoms. The van der Waals surface area contributed by atoms with Crippen molar-refractivity contribution in [2.24, 2.45) is 0 Å². The summed E-state index contributed by atoms with van der Waals surface area (Å²) >= 11 is 2.88. The molecule has 0 saturated carbocycles. The van der Waals surface area contributed by atoms with Gasteiger partial charge in [-0.05, 0) is 22.0 Å². The molecule has 132 valence electrons. The van der Waals surface area contributed by atoms with Crippen molar-refractivity contribution in [3.05, 3.63) is 39.0 Å². The van der Waals surface area contributed by atoms with Crippen molar-refractivity contribution in [3.63, 3.8) is 0 Å². The van der Waals surface area contributed by atoms with Gasteiger partial charge in [0.2, 0.25) is 0 Å². The number of nitrogens with zero attached hydrogens (tertiary/aromatic N) is 2. The van der Waals surface area contributed by atoms with Crippen molar-refractivity contribution in [2.45, 2.75) is 0 Å². The minimum Gasteiger partial charge on any atom is -0.466 e. The second-order valence-corrected chi connectivity index (χ2v) is 5.50. The topological polar surface area (TPSA) is 88.9 Å². The zero-order valence-electron chi connectivity index (χ0n) is 13.1. The average Bonchev–Trinajstić information content (AvgIpc) is 2.63. The molecule has 0 radical (unpaired) electrons. The van der Waals surface area contributed by atoms with Gasteiger partial charge in [-0.3, -0.25) is 0 Å². The first-order chi connectivity index (χ1) is 11.9. The van der Waals surface area contributed by atoms with Crippen molar-refractivity contribution in [1.29, 1.82) is 5.26 Å². The molecule has 0 aliphatic carbocycles. The lowest BCUT2D eigenvalue weighted by Gasteiger charge is -2.32. The number of benzene rings is 1. The van der Waals surface area contributed by atoms with Gasteiger partial charge in [0.05, 0.1) is 42.1 Å². The number of anilines is 1. The molecule has 0 aromatic heterocycles. The van der Waals surface area contributed by atoms with E-state index in [0.717, 1.165) is 19.1 Å². The Labute approximate surface area is 149 Å². The fraction of sp³-hybridized carbons (Fsp3) is 0.267. The van der Waals surface area contributed by atoms with Crippen LogP contribution in [0.4, 0.5) is 14.5 Å². The Morgan fingerprint density at radius 1 is 1.32 bits per heavy atom. The minimum absolute atomic E-state index is 0.211. The highest BCUT2D eigenvalue weighted by Crippen LogP contribution is 2.37. The largest absolute Gasteiger partial charge is 0.466 e. The Bertz CT molecular complexity index is 819. The van der Waals surface area contributed by atoms with Crippen molar-refractivity contribution in [1.82, 2.24) is 0 Å². The third kappa shape index (κ3) is 3.33. The summed E-state index contributed by atoms with van der Waals surface area (Å²) in [6.45, 7) is -0.628. The monoisotopic (exact) mass is 416 g/mol. The van der Waals surface area contributed by atoms with Gasteiger partial charge in [0.1, 0.15) is 24.3 Å². The van der Waals surface area contributed by atoms with Gasteiger partial charge < -0.3 is 19.1 Å². The number of hydrogen-bond donors (Lipinski definition) is 0. The van der Waals surface area contributed by atoms with E-state index in [-0.39, 0.29) is 24.6 Å². The van der Waals surface area contributed by atoms with Crippen LogP contribution in [0.25, 0.3) is 0 Å². The van der Waals surface area contributed by atoms with Crippen molar-refractivity contribution in [2.75, 3.05) is 32.5 Å². The first-order valence-corrected chi connectivity index (χ1v) is 7.49. The number of carbonyl (C=O) groups excluding carboxylic acids is 2. The molecule has 0 spiro atoms. The first-order valence-electron chi connectivity index (χ1n) is 6.70. The Hall–Kier alpha value is -2.51. The minimum atomic E-state index is -1.02. The lowest BCUT2D eigenvalue weighted by Crippen LogP contribution is -2.39. The summed E-state index contributed by atoms with van der Waals surface area (Å²) in [7, 11) is 2.17. The van der Waals surface area contributed by atoms with Crippen LogP contribution < -0.4 is 4.90 Å². The standard InChI is InChI=1S/C15H11BrF2N2O5/c1-23-14(21)8-5-25-6-20(12(8)15(22)24-2)13-9(17)3-7(4-19)11(18)10(13)16/h3H,5-6H2,1-2H3. The third-order valence-electron chi connectivity index (χ3n) is 3.36. The molecule has 2 rings (SSSR count). The van der Waals surface area contributed by atoms with E-state index >= 15 is 0 Å². The molecule has 1 aliphatic heterocycles. The molecule has 1 aromatic carbocycles. The van der Waals surface area contributed by atoms with Gasteiger partial charge in [-0.1, -0.05) is 0 Å². The molecule has 1 heterocycles. The zero-order chi connectivity index (χ0) is 18.7. The van der Waals surface area contributed by atoms with E-state index in [1.807, 2.05) is 0 Å². The lowest BCUT2D eigenvalue weighted by atomic mass is 10.1. The maximum atomic E-state index is 14.5. The van der Waals surface area contributed by atoms with Crippen LogP contribution in [0.2, 0.25) is 0 Å². The quantitative estimate of drug-likeness (QED) is 0.549.